The smallest absolute Gasteiger partial charge is 0.203 e. The maximum absolute atomic E-state index is 12.2. The summed E-state index contributed by atoms with van der Waals surface area (Å²) in [7, 11) is 0. The summed E-state index contributed by atoms with van der Waals surface area (Å²) < 4.78 is 5.82. The Morgan fingerprint density at radius 2 is 2.12 bits per heavy atom. The van der Waals surface area contributed by atoms with Crippen LogP contribution < -0.4 is 0 Å². The summed E-state index contributed by atoms with van der Waals surface area (Å²) in [4.78, 5) is 20.3. The highest BCUT2D eigenvalue weighted by atomic mass is 16.5. The van der Waals surface area contributed by atoms with E-state index >= 15 is 0 Å². The zero-order chi connectivity index (χ0) is 11.7. The average Bonchev–Trinajstić information content (AvgIpc) is 2.37. The Morgan fingerprint density at radius 3 is 2.76 bits per heavy atom. The van der Waals surface area contributed by atoms with Gasteiger partial charge in [-0.2, -0.15) is 0 Å². The highest BCUT2D eigenvalue weighted by molar-refractivity contribution is 5.94. The number of hydrogen-bond donors (Lipinski definition) is 0. The van der Waals surface area contributed by atoms with Crippen LogP contribution in [0.3, 0.4) is 0 Å². The maximum Gasteiger partial charge on any atom is 0.203 e. The summed E-state index contributed by atoms with van der Waals surface area (Å²) in [5.74, 6) is 0.487. The normalized spacial score (nSPS) is 26.5. The molecule has 90 valence electrons. The van der Waals surface area contributed by atoms with Gasteiger partial charge in [0.2, 0.25) is 5.78 Å². The molecule has 0 radical (unpaired) electrons. The van der Waals surface area contributed by atoms with E-state index in [1.807, 2.05) is 0 Å². The number of carbonyl (C=O) groups is 1. The minimum atomic E-state index is 0.00730. The lowest BCUT2D eigenvalue weighted by Crippen LogP contribution is -2.47. The van der Waals surface area contributed by atoms with E-state index in [-0.39, 0.29) is 17.3 Å². The van der Waals surface area contributed by atoms with Gasteiger partial charge in [0.05, 0.1) is 5.60 Å². The first-order valence-corrected chi connectivity index (χ1v) is 6.24. The van der Waals surface area contributed by atoms with Crippen LogP contribution in [0.1, 0.15) is 42.7 Å². The number of Topliss-reactive ketones (excluding diaryl/α,β-unsaturated/α-hetero) is 1. The van der Waals surface area contributed by atoms with Crippen LogP contribution in [-0.4, -0.2) is 28.0 Å². The van der Waals surface area contributed by atoms with Gasteiger partial charge in [-0.15, -0.1) is 0 Å². The quantitative estimate of drug-likeness (QED) is 0.732. The van der Waals surface area contributed by atoms with Gasteiger partial charge in [0.1, 0.15) is 0 Å². The minimum absolute atomic E-state index is 0.00730. The second-order valence-corrected chi connectivity index (χ2v) is 5.01. The first kappa shape index (κ1) is 10.8. The standard InChI is InChI=1S/C13H16N2O2/c16-11(12-14-6-2-7-15-12)10-3-8-17-13(9-10)4-1-5-13/h2,6-7,10H,1,3-5,8-9H2. The van der Waals surface area contributed by atoms with Crippen molar-refractivity contribution >= 4 is 5.78 Å². The van der Waals surface area contributed by atoms with Gasteiger partial charge in [-0.1, -0.05) is 0 Å². The van der Waals surface area contributed by atoms with E-state index < -0.39 is 0 Å². The highest BCUT2D eigenvalue weighted by Gasteiger charge is 2.44. The molecule has 0 amide bonds. The van der Waals surface area contributed by atoms with E-state index in [2.05, 4.69) is 9.97 Å². The fraction of sp³-hybridized carbons (Fsp3) is 0.615. The third-order valence-electron chi connectivity index (χ3n) is 3.91. The van der Waals surface area contributed by atoms with Crippen molar-refractivity contribution in [2.45, 2.75) is 37.7 Å². The van der Waals surface area contributed by atoms with Crippen molar-refractivity contribution in [3.8, 4) is 0 Å². The fourth-order valence-corrected chi connectivity index (χ4v) is 2.78. The molecule has 1 aromatic heterocycles. The Kier molecular flexibility index (Phi) is 2.67. The molecule has 0 aromatic carbocycles. The lowest BCUT2D eigenvalue weighted by atomic mass is 9.71. The fourth-order valence-electron chi connectivity index (χ4n) is 2.78. The molecular formula is C13H16N2O2. The number of ether oxygens (including phenoxy) is 1. The summed E-state index contributed by atoms with van der Waals surface area (Å²) in [6.07, 6.45) is 8.34. The number of rotatable bonds is 2. The van der Waals surface area contributed by atoms with Crippen molar-refractivity contribution < 1.29 is 9.53 Å². The van der Waals surface area contributed by atoms with Crippen LogP contribution in [0.2, 0.25) is 0 Å². The average molecular weight is 232 g/mol. The van der Waals surface area contributed by atoms with Gasteiger partial charge in [0, 0.05) is 24.9 Å². The summed E-state index contributed by atoms with van der Waals surface area (Å²) in [6, 6.07) is 1.73. The van der Waals surface area contributed by atoms with Gasteiger partial charge in [-0.25, -0.2) is 9.97 Å². The molecule has 1 aliphatic carbocycles. The molecule has 17 heavy (non-hydrogen) atoms. The molecule has 4 nitrogen and oxygen atoms in total. The Bertz CT molecular complexity index is 415. The predicted octanol–water partition coefficient (Wildman–Crippen LogP) is 2.01. The molecule has 1 atom stereocenters. The van der Waals surface area contributed by atoms with Crippen molar-refractivity contribution in [3.05, 3.63) is 24.3 Å². The molecule has 1 aromatic rings. The third kappa shape index (κ3) is 1.97. The summed E-state index contributed by atoms with van der Waals surface area (Å²) in [6.45, 7) is 0.698. The van der Waals surface area contributed by atoms with Crippen molar-refractivity contribution in [1.82, 2.24) is 9.97 Å². The second kappa shape index (κ2) is 4.18. The molecule has 0 N–H and O–H groups in total. The van der Waals surface area contributed by atoms with Crippen LogP contribution in [0.15, 0.2) is 18.5 Å². The molecule has 1 unspecified atom stereocenters. The van der Waals surface area contributed by atoms with Gasteiger partial charge in [-0.05, 0) is 38.2 Å². The number of hydrogen-bond acceptors (Lipinski definition) is 4. The van der Waals surface area contributed by atoms with Crippen LogP contribution in [0, 0.1) is 5.92 Å². The van der Waals surface area contributed by atoms with E-state index in [4.69, 9.17) is 4.74 Å². The first-order chi connectivity index (χ1) is 8.29. The Labute approximate surface area is 100 Å². The molecule has 1 aliphatic heterocycles. The SMILES string of the molecule is O=C(c1ncccn1)C1CCOC2(CCC2)C1. The van der Waals surface area contributed by atoms with Crippen LogP contribution in [0.5, 0.6) is 0 Å². The van der Waals surface area contributed by atoms with E-state index in [1.165, 1.54) is 6.42 Å². The van der Waals surface area contributed by atoms with E-state index in [9.17, 15) is 4.79 Å². The van der Waals surface area contributed by atoms with Crippen molar-refractivity contribution in [2.75, 3.05) is 6.61 Å². The summed E-state index contributed by atoms with van der Waals surface area (Å²) in [5, 5.41) is 0. The van der Waals surface area contributed by atoms with Gasteiger partial charge in [-0.3, -0.25) is 4.79 Å². The summed E-state index contributed by atoms with van der Waals surface area (Å²) in [5.41, 5.74) is 0.00730. The summed E-state index contributed by atoms with van der Waals surface area (Å²) >= 11 is 0. The van der Waals surface area contributed by atoms with Crippen LogP contribution in [0.4, 0.5) is 0 Å². The van der Waals surface area contributed by atoms with Gasteiger partial charge in [0.15, 0.2) is 5.82 Å². The molecule has 2 heterocycles. The largest absolute Gasteiger partial charge is 0.375 e. The van der Waals surface area contributed by atoms with Crippen molar-refractivity contribution in [2.24, 2.45) is 5.92 Å². The van der Waals surface area contributed by atoms with Crippen molar-refractivity contribution in [1.29, 1.82) is 0 Å². The predicted molar refractivity (Wildman–Crippen MR) is 61.6 cm³/mol. The first-order valence-electron chi connectivity index (χ1n) is 6.24. The molecule has 1 saturated heterocycles. The van der Waals surface area contributed by atoms with E-state index in [0.29, 0.717) is 12.4 Å². The Hall–Kier alpha value is -1.29. The molecule has 2 fully saturated rings. The van der Waals surface area contributed by atoms with E-state index in [1.54, 1.807) is 18.5 Å². The van der Waals surface area contributed by atoms with Crippen molar-refractivity contribution in [3.63, 3.8) is 0 Å². The Morgan fingerprint density at radius 1 is 1.35 bits per heavy atom. The number of nitrogens with zero attached hydrogens (tertiary/aromatic N) is 2. The van der Waals surface area contributed by atoms with Crippen LogP contribution in [-0.2, 0) is 4.74 Å². The van der Waals surface area contributed by atoms with E-state index in [0.717, 1.165) is 25.7 Å². The third-order valence-corrected chi connectivity index (χ3v) is 3.91. The number of aromatic nitrogens is 2. The molecule has 1 spiro atoms. The highest BCUT2D eigenvalue weighted by Crippen LogP contribution is 2.44. The van der Waals surface area contributed by atoms with Gasteiger partial charge < -0.3 is 4.74 Å². The second-order valence-electron chi connectivity index (χ2n) is 5.01. The molecule has 2 aliphatic rings. The minimum Gasteiger partial charge on any atom is -0.375 e. The molecule has 1 saturated carbocycles. The van der Waals surface area contributed by atoms with Crippen LogP contribution in [0.25, 0.3) is 0 Å². The lowest BCUT2D eigenvalue weighted by Gasteiger charge is -2.46. The monoisotopic (exact) mass is 232 g/mol. The zero-order valence-electron chi connectivity index (χ0n) is 9.76. The lowest BCUT2D eigenvalue weighted by molar-refractivity contribution is -0.137. The number of ketones is 1. The maximum atomic E-state index is 12.2. The molecule has 4 heteroatoms. The van der Waals surface area contributed by atoms with Gasteiger partial charge in [0.25, 0.3) is 0 Å². The molecule has 0 bridgehead atoms. The topological polar surface area (TPSA) is 52.1 Å². The Balaban J connectivity index is 1.74. The molecular weight excluding hydrogens is 216 g/mol. The number of carbonyl (C=O) groups excluding carboxylic acids is 1. The van der Waals surface area contributed by atoms with Crippen LogP contribution >= 0.6 is 0 Å². The molecule has 3 rings (SSSR count). The zero-order valence-corrected chi connectivity index (χ0v) is 9.76. The van der Waals surface area contributed by atoms with Gasteiger partial charge >= 0.3 is 0 Å².